The van der Waals surface area contributed by atoms with Crippen molar-refractivity contribution < 1.29 is 9.21 Å². The van der Waals surface area contributed by atoms with Crippen LogP contribution in [0.1, 0.15) is 11.3 Å². The molecule has 1 amide bonds. The van der Waals surface area contributed by atoms with Crippen molar-refractivity contribution in [3.63, 3.8) is 0 Å². The Hall–Kier alpha value is -3.89. The van der Waals surface area contributed by atoms with Crippen molar-refractivity contribution in [1.29, 1.82) is 0 Å². The Morgan fingerprint density at radius 2 is 1.45 bits per heavy atom. The van der Waals surface area contributed by atoms with Gasteiger partial charge in [-0.05, 0) is 54.6 Å². The predicted octanol–water partition coefficient (Wildman–Crippen LogP) is 6.43. The van der Waals surface area contributed by atoms with Gasteiger partial charge in [0, 0.05) is 16.1 Å². The summed E-state index contributed by atoms with van der Waals surface area (Å²) in [5.74, 6) is 1.08. The average Bonchev–Trinajstić information content (AvgIpc) is 3.41. The van der Waals surface area contributed by atoms with E-state index in [1.54, 1.807) is 6.08 Å². The highest BCUT2D eigenvalue weighted by molar-refractivity contribution is 6.37. The molecule has 0 bridgehead atoms. The fourth-order valence-corrected chi connectivity index (χ4v) is 3.57. The molecule has 0 spiro atoms. The number of halogens is 1. The molecule has 0 unspecified atom stereocenters. The van der Waals surface area contributed by atoms with Crippen LogP contribution >= 0.6 is 11.6 Å². The summed E-state index contributed by atoms with van der Waals surface area (Å²) in [6.45, 7) is 0. The van der Waals surface area contributed by atoms with Crippen molar-refractivity contribution in [3.05, 3.63) is 119 Å². The summed E-state index contributed by atoms with van der Waals surface area (Å²) >= 11 is 5.98. The zero-order chi connectivity index (χ0) is 21.2. The highest BCUT2D eigenvalue weighted by Crippen LogP contribution is 2.29. The van der Waals surface area contributed by atoms with Gasteiger partial charge >= 0.3 is 0 Å². The molecule has 0 N–H and O–H groups in total. The van der Waals surface area contributed by atoms with Gasteiger partial charge in [0.1, 0.15) is 17.2 Å². The van der Waals surface area contributed by atoms with Crippen molar-refractivity contribution in [3.8, 4) is 11.3 Å². The first-order valence-electron chi connectivity index (χ1n) is 9.80. The van der Waals surface area contributed by atoms with Crippen LogP contribution in [-0.2, 0) is 4.79 Å². The average molecular weight is 425 g/mol. The Morgan fingerprint density at radius 3 is 2.16 bits per heavy atom. The van der Waals surface area contributed by atoms with E-state index >= 15 is 0 Å². The third kappa shape index (κ3) is 3.81. The van der Waals surface area contributed by atoms with Crippen molar-refractivity contribution >= 4 is 35.0 Å². The van der Waals surface area contributed by atoms with E-state index in [9.17, 15) is 4.79 Å². The van der Waals surface area contributed by atoms with Crippen LogP contribution in [0.2, 0.25) is 5.02 Å². The molecule has 5 rings (SSSR count). The molecule has 0 fully saturated rings. The van der Waals surface area contributed by atoms with Gasteiger partial charge < -0.3 is 4.42 Å². The molecule has 0 atom stereocenters. The Bertz CT molecular complexity index is 1290. The highest BCUT2D eigenvalue weighted by atomic mass is 35.5. The monoisotopic (exact) mass is 424 g/mol. The van der Waals surface area contributed by atoms with E-state index in [1.807, 2.05) is 97.1 Å². The minimum atomic E-state index is -0.200. The summed E-state index contributed by atoms with van der Waals surface area (Å²) in [6.07, 6.45) is 1.75. The van der Waals surface area contributed by atoms with Crippen LogP contribution in [0.3, 0.4) is 0 Å². The number of hydrazone groups is 1. The van der Waals surface area contributed by atoms with E-state index in [-0.39, 0.29) is 5.91 Å². The highest BCUT2D eigenvalue weighted by Gasteiger charge is 2.32. The van der Waals surface area contributed by atoms with E-state index < -0.39 is 0 Å². The zero-order valence-corrected chi connectivity index (χ0v) is 17.2. The standard InChI is InChI=1S/C26H17ClN2O2/c27-20-13-11-18(12-14-20)24-16-15-22(31-24)17-23-25(19-7-3-1-4-8-19)28-29(26(23)30)21-9-5-2-6-10-21/h1-17H/b23-17-. The summed E-state index contributed by atoms with van der Waals surface area (Å²) in [6, 6.07) is 30.2. The van der Waals surface area contributed by atoms with Gasteiger partial charge in [-0.3, -0.25) is 4.79 Å². The summed E-state index contributed by atoms with van der Waals surface area (Å²) < 4.78 is 6.00. The molecule has 1 aromatic heterocycles. The first-order chi connectivity index (χ1) is 15.2. The SMILES string of the molecule is O=C1/C(=C\c2ccc(-c3ccc(Cl)cc3)o2)C(c2ccccc2)=NN1c1ccccc1. The third-order valence-electron chi connectivity index (χ3n) is 4.97. The molecule has 0 aliphatic carbocycles. The lowest BCUT2D eigenvalue weighted by Gasteiger charge is -2.10. The second kappa shape index (κ2) is 8.09. The first-order valence-corrected chi connectivity index (χ1v) is 10.2. The number of rotatable bonds is 4. The lowest BCUT2D eigenvalue weighted by Crippen LogP contribution is -2.21. The third-order valence-corrected chi connectivity index (χ3v) is 5.22. The van der Waals surface area contributed by atoms with Crippen LogP contribution in [0, 0.1) is 0 Å². The fourth-order valence-electron chi connectivity index (χ4n) is 3.44. The van der Waals surface area contributed by atoms with Crippen LogP contribution in [0.15, 0.2) is 112 Å². The number of carbonyl (C=O) groups is 1. The van der Waals surface area contributed by atoms with E-state index in [0.29, 0.717) is 33.5 Å². The minimum Gasteiger partial charge on any atom is -0.457 e. The van der Waals surface area contributed by atoms with Crippen molar-refractivity contribution in [2.24, 2.45) is 5.10 Å². The number of benzene rings is 3. The van der Waals surface area contributed by atoms with Gasteiger partial charge in [0.15, 0.2) is 0 Å². The topological polar surface area (TPSA) is 45.8 Å². The van der Waals surface area contributed by atoms with Gasteiger partial charge in [-0.15, -0.1) is 0 Å². The van der Waals surface area contributed by atoms with E-state index in [0.717, 1.165) is 11.1 Å². The molecule has 2 heterocycles. The molecule has 4 aromatic rings. The van der Waals surface area contributed by atoms with Crippen LogP contribution in [0.25, 0.3) is 17.4 Å². The van der Waals surface area contributed by atoms with Gasteiger partial charge in [0.2, 0.25) is 0 Å². The quantitative estimate of drug-likeness (QED) is 0.354. The van der Waals surface area contributed by atoms with Crippen LogP contribution in [0.5, 0.6) is 0 Å². The van der Waals surface area contributed by atoms with Crippen molar-refractivity contribution in [2.45, 2.75) is 0 Å². The Labute approximate surface area is 184 Å². The molecular weight excluding hydrogens is 408 g/mol. The Morgan fingerprint density at radius 1 is 0.774 bits per heavy atom. The molecular formula is C26H17ClN2O2. The molecule has 4 nitrogen and oxygen atoms in total. The van der Waals surface area contributed by atoms with E-state index in [1.165, 1.54) is 5.01 Å². The number of carbonyl (C=O) groups excluding carboxylic acids is 1. The summed E-state index contributed by atoms with van der Waals surface area (Å²) in [4.78, 5) is 13.3. The van der Waals surface area contributed by atoms with Crippen molar-refractivity contribution in [2.75, 3.05) is 5.01 Å². The van der Waals surface area contributed by atoms with Crippen LogP contribution in [0.4, 0.5) is 5.69 Å². The minimum absolute atomic E-state index is 0.200. The maximum atomic E-state index is 13.3. The van der Waals surface area contributed by atoms with E-state index in [4.69, 9.17) is 16.0 Å². The number of nitrogens with zero attached hydrogens (tertiary/aromatic N) is 2. The number of anilines is 1. The number of amides is 1. The van der Waals surface area contributed by atoms with Crippen molar-refractivity contribution in [1.82, 2.24) is 0 Å². The number of furan rings is 1. The molecule has 1 aliphatic heterocycles. The molecule has 31 heavy (non-hydrogen) atoms. The smallest absolute Gasteiger partial charge is 0.281 e. The lowest BCUT2D eigenvalue weighted by atomic mass is 10.0. The van der Waals surface area contributed by atoms with Gasteiger partial charge in [-0.1, -0.05) is 60.1 Å². The molecule has 0 radical (unpaired) electrons. The largest absolute Gasteiger partial charge is 0.457 e. The first kappa shape index (κ1) is 19.1. The lowest BCUT2D eigenvalue weighted by molar-refractivity contribution is -0.114. The second-order valence-electron chi connectivity index (χ2n) is 7.03. The molecule has 5 heteroatoms. The Balaban J connectivity index is 1.55. The molecule has 150 valence electrons. The predicted molar refractivity (Wildman–Crippen MR) is 124 cm³/mol. The molecule has 1 aliphatic rings. The van der Waals surface area contributed by atoms with Crippen LogP contribution in [-0.4, -0.2) is 11.6 Å². The molecule has 0 saturated heterocycles. The fraction of sp³-hybridized carbons (Fsp3) is 0. The van der Waals surface area contributed by atoms with Gasteiger partial charge in [-0.25, -0.2) is 0 Å². The van der Waals surface area contributed by atoms with Gasteiger partial charge in [0.25, 0.3) is 5.91 Å². The van der Waals surface area contributed by atoms with E-state index in [2.05, 4.69) is 5.10 Å². The molecule has 0 saturated carbocycles. The van der Waals surface area contributed by atoms with Gasteiger partial charge in [-0.2, -0.15) is 10.1 Å². The summed E-state index contributed by atoms with van der Waals surface area (Å²) in [7, 11) is 0. The molecule has 3 aromatic carbocycles. The number of para-hydroxylation sites is 1. The summed E-state index contributed by atoms with van der Waals surface area (Å²) in [5, 5.41) is 6.73. The van der Waals surface area contributed by atoms with Crippen LogP contribution < -0.4 is 5.01 Å². The number of hydrogen-bond donors (Lipinski definition) is 0. The zero-order valence-electron chi connectivity index (χ0n) is 16.4. The maximum Gasteiger partial charge on any atom is 0.281 e. The normalized spacial score (nSPS) is 14.9. The number of hydrogen-bond acceptors (Lipinski definition) is 3. The maximum absolute atomic E-state index is 13.3. The van der Waals surface area contributed by atoms with Gasteiger partial charge in [0.05, 0.1) is 11.3 Å². The Kier molecular flexibility index (Phi) is 4.98. The summed E-state index contributed by atoms with van der Waals surface area (Å²) in [5.41, 5.74) is 3.58. The second-order valence-corrected chi connectivity index (χ2v) is 7.47.